The molecule has 0 heterocycles. The van der Waals surface area contributed by atoms with Crippen molar-refractivity contribution in [3.63, 3.8) is 0 Å². The molecule has 1 N–H and O–H groups in total. The highest BCUT2D eigenvalue weighted by molar-refractivity contribution is 5.89. The van der Waals surface area contributed by atoms with Crippen molar-refractivity contribution in [3.8, 4) is 0 Å². The molecule has 0 spiro atoms. The van der Waals surface area contributed by atoms with Crippen molar-refractivity contribution in [1.29, 1.82) is 0 Å². The van der Waals surface area contributed by atoms with Gasteiger partial charge in [0.15, 0.2) is 0 Å². The number of carboxylic acid groups (broad SMARTS) is 1. The Bertz CT molecular complexity index is 616. The summed E-state index contributed by atoms with van der Waals surface area (Å²) in [6.45, 7) is 4.44. The van der Waals surface area contributed by atoms with E-state index in [4.69, 9.17) is 0 Å². The molecule has 2 aromatic rings. The van der Waals surface area contributed by atoms with Gasteiger partial charge in [-0.15, -0.1) is 0 Å². The lowest BCUT2D eigenvalue weighted by atomic mass is 9.90. The molecular weight excluding hydrogens is 260 g/mol. The highest BCUT2D eigenvalue weighted by Crippen LogP contribution is 2.24. The van der Waals surface area contributed by atoms with Crippen LogP contribution < -0.4 is 0 Å². The van der Waals surface area contributed by atoms with E-state index in [2.05, 4.69) is 38.1 Å². The maximum absolute atomic E-state index is 11.3. The molecule has 0 amide bonds. The van der Waals surface area contributed by atoms with Crippen molar-refractivity contribution in [2.24, 2.45) is 0 Å². The molecule has 1 unspecified atom stereocenters. The van der Waals surface area contributed by atoms with Gasteiger partial charge in [0.2, 0.25) is 0 Å². The highest BCUT2D eigenvalue weighted by atomic mass is 16.4. The Hall–Kier alpha value is -2.09. The van der Waals surface area contributed by atoms with E-state index in [9.17, 15) is 9.90 Å². The topological polar surface area (TPSA) is 37.3 Å². The zero-order valence-corrected chi connectivity index (χ0v) is 12.7. The number of aryl methyl sites for hydroxylation is 2. The molecule has 2 rings (SSSR count). The maximum atomic E-state index is 11.3. The van der Waals surface area contributed by atoms with Gasteiger partial charge in [-0.25, -0.2) is 4.79 Å². The van der Waals surface area contributed by atoms with Gasteiger partial charge in [0.05, 0.1) is 5.56 Å². The number of carboxylic acids is 1. The lowest BCUT2D eigenvalue weighted by molar-refractivity contribution is 0.0695. The Morgan fingerprint density at radius 1 is 1.00 bits per heavy atom. The SMILES string of the molecule is CCC(C)c1ccccc1CCc1ccccc1C(=O)O. The lowest BCUT2D eigenvalue weighted by Crippen LogP contribution is -2.05. The molecule has 21 heavy (non-hydrogen) atoms. The van der Waals surface area contributed by atoms with Crippen LogP contribution in [0.15, 0.2) is 48.5 Å². The minimum absolute atomic E-state index is 0.415. The van der Waals surface area contributed by atoms with Gasteiger partial charge in [0.1, 0.15) is 0 Å². The summed E-state index contributed by atoms with van der Waals surface area (Å²) >= 11 is 0. The molecule has 0 aliphatic carbocycles. The van der Waals surface area contributed by atoms with E-state index in [1.165, 1.54) is 11.1 Å². The number of benzene rings is 2. The maximum Gasteiger partial charge on any atom is 0.335 e. The van der Waals surface area contributed by atoms with Gasteiger partial charge in [0.25, 0.3) is 0 Å². The summed E-state index contributed by atoms with van der Waals surface area (Å²) in [5.41, 5.74) is 4.03. The number of aromatic carboxylic acids is 1. The van der Waals surface area contributed by atoms with E-state index in [1.807, 2.05) is 12.1 Å². The minimum atomic E-state index is -0.846. The van der Waals surface area contributed by atoms with Gasteiger partial charge >= 0.3 is 5.97 Å². The standard InChI is InChI=1S/C19H22O2/c1-3-14(2)17-10-6-4-8-15(17)12-13-16-9-5-7-11-18(16)19(20)21/h4-11,14H,3,12-13H2,1-2H3,(H,20,21). The predicted octanol–water partition coefficient (Wildman–Crippen LogP) is 4.68. The molecule has 2 heteroatoms. The first kappa shape index (κ1) is 15.3. The van der Waals surface area contributed by atoms with Gasteiger partial charge < -0.3 is 5.11 Å². The zero-order valence-electron chi connectivity index (χ0n) is 12.7. The van der Waals surface area contributed by atoms with Crippen LogP contribution in [0.25, 0.3) is 0 Å². The first-order chi connectivity index (χ1) is 10.1. The Morgan fingerprint density at radius 2 is 1.57 bits per heavy atom. The number of hydrogen-bond acceptors (Lipinski definition) is 1. The van der Waals surface area contributed by atoms with Crippen molar-refractivity contribution in [2.75, 3.05) is 0 Å². The molecule has 110 valence electrons. The number of rotatable bonds is 6. The number of hydrogen-bond donors (Lipinski definition) is 1. The molecule has 0 aliphatic heterocycles. The quantitative estimate of drug-likeness (QED) is 0.835. The van der Waals surface area contributed by atoms with Crippen LogP contribution in [0.5, 0.6) is 0 Å². The van der Waals surface area contributed by atoms with Gasteiger partial charge in [0, 0.05) is 0 Å². The summed E-state index contributed by atoms with van der Waals surface area (Å²) in [7, 11) is 0. The van der Waals surface area contributed by atoms with Gasteiger partial charge in [-0.3, -0.25) is 0 Å². The second-order valence-electron chi connectivity index (χ2n) is 5.47. The fourth-order valence-corrected chi connectivity index (χ4v) is 2.68. The van der Waals surface area contributed by atoms with Crippen LogP contribution in [-0.4, -0.2) is 11.1 Å². The molecule has 2 aromatic carbocycles. The van der Waals surface area contributed by atoms with Crippen LogP contribution in [0.4, 0.5) is 0 Å². The van der Waals surface area contributed by atoms with Crippen LogP contribution in [0.2, 0.25) is 0 Å². The molecule has 0 radical (unpaired) electrons. The van der Waals surface area contributed by atoms with Crippen molar-refractivity contribution in [1.82, 2.24) is 0 Å². The lowest BCUT2D eigenvalue weighted by Gasteiger charge is -2.15. The Labute approximate surface area is 126 Å². The third kappa shape index (κ3) is 3.72. The van der Waals surface area contributed by atoms with Gasteiger partial charge in [-0.2, -0.15) is 0 Å². The first-order valence-electron chi connectivity index (χ1n) is 7.52. The van der Waals surface area contributed by atoms with Crippen LogP contribution >= 0.6 is 0 Å². The van der Waals surface area contributed by atoms with E-state index in [1.54, 1.807) is 12.1 Å². The predicted molar refractivity (Wildman–Crippen MR) is 86.0 cm³/mol. The fraction of sp³-hybridized carbons (Fsp3) is 0.316. The molecule has 0 fully saturated rings. The molecule has 2 nitrogen and oxygen atoms in total. The Morgan fingerprint density at radius 3 is 2.24 bits per heavy atom. The van der Waals surface area contributed by atoms with E-state index in [0.29, 0.717) is 11.5 Å². The molecule has 0 aromatic heterocycles. The van der Waals surface area contributed by atoms with E-state index < -0.39 is 5.97 Å². The third-order valence-corrected chi connectivity index (χ3v) is 4.11. The fourth-order valence-electron chi connectivity index (χ4n) is 2.68. The van der Waals surface area contributed by atoms with Crippen LogP contribution in [-0.2, 0) is 12.8 Å². The highest BCUT2D eigenvalue weighted by Gasteiger charge is 2.11. The van der Waals surface area contributed by atoms with Crippen LogP contribution in [0, 0.1) is 0 Å². The van der Waals surface area contributed by atoms with Crippen LogP contribution in [0.3, 0.4) is 0 Å². The monoisotopic (exact) mass is 282 g/mol. The average molecular weight is 282 g/mol. The molecule has 0 bridgehead atoms. The Kier molecular flexibility index (Phi) is 5.15. The van der Waals surface area contributed by atoms with Crippen molar-refractivity contribution >= 4 is 5.97 Å². The van der Waals surface area contributed by atoms with Crippen molar-refractivity contribution in [2.45, 2.75) is 39.0 Å². The van der Waals surface area contributed by atoms with E-state index >= 15 is 0 Å². The molecule has 0 saturated heterocycles. The minimum Gasteiger partial charge on any atom is -0.478 e. The van der Waals surface area contributed by atoms with Crippen molar-refractivity contribution < 1.29 is 9.90 Å². The molecular formula is C19H22O2. The van der Waals surface area contributed by atoms with Crippen molar-refractivity contribution in [3.05, 3.63) is 70.8 Å². The van der Waals surface area contributed by atoms with E-state index in [-0.39, 0.29) is 0 Å². The summed E-state index contributed by atoms with van der Waals surface area (Å²) in [6.07, 6.45) is 2.75. The summed E-state index contributed by atoms with van der Waals surface area (Å²) in [4.78, 5) is 11.3. The second kappa shape index (κ2) is 7.07. The summed E-state index contributed by atoms with van der Waals surface area (Å²) < 4.78 is 0. The normalized spacial score (nSPS) is 12.1. The Balaban J connectivity index is 2.19. The largest absolute Gasteiger partial charge is 0.478 e. The zero-order chi connectivity index (χ0) is 15.2. The van der Waals surface area contributed by atoms with Crippen LogP contribution in [0.1, 0.15) is 53.2 Å². The third-order valence-electron chi connectivity index (χ3n) is 4.11. The molecule has 0 aliphatic rings. The molecule has 0 saturated carbocycles. The van der Waals surface area contributed by atoms with E-state index in [0.717, 1.165) is 24.8 Å². The number of carbonyl (C=O) groups is 1. The molecule has 1 atom stereocenters. The van der Waals surface area contributed by atoms with Gasteiger partial charge in [-0.1, -0.05) is 56.3 Å². The summed E-state index contributed by atoms with van der Waals surface area (Å²) in [6, 6.07) is 15.8. The first-order valence-corrected chi connectivity index (χ1v) is 7.52. The van der Waals surface area contributed by atoms with Gasteiger partial charge in [-0.05, 0) is 47.9 Å². The summed E-state index contributed by atoms with van der Waals surface area (Å²) in [5, 5.41) is 9.24. The average Bonchev–Trinajstić information content (AvgIpc) is 2.52. The summed E-state index contributed by atoms with van der Waals surface area (Å²) in [5.74, 6) is -0.309. The second-order valence-corrected chi connectivity index (χ2v) is 5.47. The smallest absolute Gasteiger partial charge is 0.335 e.